The molecule has 1 aliphatic carbocycles. The minimum absolute atomic E-state index is 0.0385. The topological polar surface area (TPSA) is 82.8 Å². The minimum atomic E-state index is -1.29. The Labute approximate surface area is 109 Å². The van der Waals surface area contributed by atoms with E-state index in [4.69, 9.17) is 4.42 Å². The lowest BCUT2D eigenvalue weighted by Gasteiger charge is -2.27. The Kier molecular flexibility index (Phi) is 2.53. The third-order valence-corrected chi connectivity index (χ3v) is 3.16. The van der Waals surface area contributed by atoms with Gasteiger partial charge in [-0.15, -0.1) is 0 Å². The number of hydrogen-bond donors (Lipinski definition) is 2. The lowest BCUT2D eigenvalue weighted by molar-refractivity contribution is -0.118. The zero-order valence-electron chi connectivity index (χ0n) is 10.00. The first-order valence-corrected chi connectivity index (χ1v) is 5.86. The molecule has 0 spiro atoms. The van der Waals surface area contributed by atoms with Crippen molar-refractivity contribution in [3.63, 3.8) is 0 Å². The van der Waals surface area contributed by atoms with Crippen LogP contribution in [-0.4, -0.2) is 28.5 Å². The van der Waals surface area contributed by atoms with Gasteiger partial charge in [-0.05, 0) is 24.3 Å². The first-order valence-electron chi connectivity index (χ1n) is 5.86. The molecule has 19 heavy (non-hydrogen) atoms. The molecule has 98 valence electrons. The van der Waals surface area contributed by atoms with Crippen LogP contribution >= 0.6 is 0 Å². The summed E-state index contributed by atoms with van der Waals surface area (Å²) in [6, 6.07) is 2.87. The van der Waals surface area contributed by atoms with Crippen LogP contribution in [0.1, 0.15) is 12.2 Å². The fraction of sp³-hybridized carbons (Fsp3) is 0.231. The van der Waals surface area contributed by atoms with E-state index in [-0.39, 0.29) is 12.5 Å². The molecular weight excluding hydrogens is 248 g/mol. The normalized spacial score (nSPS) is 26.6. The van der Waals surface area contributed by atoms with Crippen molar-refractivity contribution in [1.29, 1.82) is 0 Å². The Hall–Kier alpha value is -2.34. The van der Waals surface area contributed by atoms with Crippen molar-refractivity contribution in [2.45, 2.75) is 12.0 Å². The number of imide groups is 1. The minimum Gasteiger partial charge on any atom is -0.466 e. The van der Waals surface area contributed by atoms with Crippen LogP contribution in [0.2, 0.25) is 0 Å². The SMILES string of the molecule is O=C1CN(C2=CC(O)(c3ccco3)CC=C2)C(=O)N1. The molecule has 0 radical (unpaired) electrons. The molecule has 2 heterocycles. The number of furan rings is 1. The Balaban J connectivity index is 1.94. The molecule has 1 aromatic rings. The van der Waals surface area contributed by atoms with Gasteiger partial charge < -0.3 is 9.52 Å². The van der Waals surface area contributed by atoms with E-state index >= 15 is 0 Å². The first kappa shape index (κ1) is 11.7. The van der Waals surface area contributed by atoms with E-state index < -0.39 is 11.6 Å². The smallest absolute Gasteiger partial charge is 0.329 e. The summed E-state index contributed by atoms with van der Waals surface area (Å²) in [5, 5.41) is 12.7. The highest BCUT2D eigenvalue weighted by molar-refractivity contribution is 6.03. The van der Waals surface area contributed by atoms with Gasteiger partial charge in [0.25, 0.3) is 0 Å². The van der Waals surface area contributed by atoms with Crippen LogP contribution in [0.15, 0.2) is 46.7 Å². The van der Waals surface area contributed by atoms with E-state index in [1.807, 2.05) is 0 Å². The molecule has 2 N–H and O–H groups in total. The van der Waals surface area contributed by atoms with Gasteiger partial charge >= 0.3 is 6.03 Å². The van der Waals surface area contributed by atoms with Gasteiger partial charge in [0.1, 0.15) is 17.9 Å². The van der Waals surface area contributed by atoms with Gasteiger partial charge in [-0.2, -0.15) is 0 Å². The van der Waals surface area contributed by atoms with E-state index in [9.17, 15) is 14.7 Å². The summed E-state index contributed by atoms with van der Waals surface area (Å²) in [5.41, 5.74) is -0.812. The molecule has 1 aromatic heterocycles. The number of nitrogens with zero attached hydrogens (tertiary/aromatic N) is 1. The monoisotopic (exact) mass is 260 g/mol. The summed E-state index contributed by atoms with van der Waals surface area (Å²) in [5.74, 6) is 0.0479. The van der Waals surface area contributed by atoms with Gasteiger partial charge in [0.05, 0.1) is 6.26 Å². The fourth-order valence-electron chi connectivity index (χ4n) is 2.23. The molecule has 6 heteroatoms. The molecule has 2 aliphatic rings. The Morgan fingerprint density at radius 2 is 2.26 bits per heavy atom. The second-order valence-corrected chi connectivity index (χ2v) is 4.52. The zero-order valence-corrected chi connectivity index (χ0v) is 10.00. The van der Waals surface area contributed by atoms with Crippen molar-refractivity contribution in [2.24, 2.45) is 0 Å². The summed E-state index contributed by atoms with van der Waals surface area (Å²) in [7, 11) is 0. The average Bonchev–Trinajstić information content (AvgIpc) is 2.99. The van der Waals surface area contributed by atoms with Gasteiger partial charge in [0, 0.05) is 12.1 Å². The average molecular weight is 260 g/mol. The predicted molar refractivity (Wildman–Crippen MR) is 64.7 cm³/mol. The van der Waals surface area contributed by atoms with E-state index in [2.05, 4.69) is 5.32 Å². The lowest BCUT2D eigenvalue weighted by atomic mass is 9.91. The zero-order chi connectivity index (χ0) is 13.5. The van der Waals surface area contributed by atoms with E-state index in [0.717, 1.165) is 0 Å². The largest absolute Gasteiger partial charge is 0.466 e. The number of allylic oxidation sites excluding steroid dienone is 1. The van der Waals surface area contributed by atoms with Gasteiger partial charge in [0.2, 0.25) is 5.91 Å². The van der Waals surface area contributed by atoms with Crippen LogP contribution < -0.4 is 5.32 Å². The number of carbonyl (C=O) groups excluding carboxylic acids is 2. The number of aliphatic hydroxyl groups is 1. The number of rotatable bonds is 2. The maximum atomic E-state index is 11.6. The third-order valence-electron chi connectivity index (χ3n) is 3.16. The highest BCUT2D eigenvalue weighted by Gasteiger charge is 2.35. The number of hydrogen-bond acceptors (Lipinski definition) is 4. The number of urea groups is 1. The fourth-order valence-corrected chi connectivity index (χ4v) is 2.23. The van der Waals surface area contributed by atoms with Gasteiger partial charge in [-0.1, -0.05) is 6.08 Å². The molecule has 6 nitrogen and oxygen atoms in total. The van der Waals surface area contributed by atoms with Crippen LogP contribution in [-0.2, 0) is 10.4 Å². The molecule has 0 bridgehead atoms. The molecule has 1 unspecified atom stereocenters. The van der Waals surface area contributed by atoms with Crippen molar-refractivity contribution in [3.8, 4) is 0 Å². The second kappa shape index (κ2) is 4.10. The summed E-state index contributed by atoms with van der Waals surface area (Å²) in [6.07, 6.45) is 6.81. The van der Waals surface area contributed by atoms with Crippen LogP contribution in [0.25, 0.3) is 0 Å². The summed E-state index contributed by atoms with van der Waals surface area (Å²) in [4.78, 5) is 24.1. The van der Waals surface area contributed by atoms with E-state index in [1.54, 1.807) is 24.3 Å². The van der Waals surface area contributed by atoms with Crippen molar-refractivity contribution in [1.82, 2.24) is 10.2 Å². The van der Waals surface area contributed by atoms with Crippen molar-refractivity contribution < 1.29 is 19.1 Å². The summed E-state index contributed by atoms with van der Waals surface area (Å²) < 4.78 is 5.22. The Morgan fingerprint density at radius 1 is 1.42 bits per heavy atom. The lowest BCUT2D eigenvalue weighted by Crippen LogP contribution is -2.31. The molecule has 0 aromatic carbocycles. The molecular formula is C13H12N2O4. The molecule has 3 rings (SSSR count). The highest BCUT2D eigenvalue weighted by Crippen LogP contribution is 2.33. The number of nitrogens with one attached hydrogen (secondary N) is 1. The molecule has 0 saturated carbocycles. The predicted octanol–water partition coefficient (Wildman–Crippen LogP) is 0.863. The molecule has 1 fully saturated rings. The third kappa shape index (κ3) is 1.96. The molecule has 3 amide bonds. The Bertz CT molecular complexity index is 588. The molecule has 1 saturated heterocycles. The maximum Gasteiger partial charge on any atom is 0.329 e. The van der Waals surface area contributed by atoms with Gasteiger partial charge in [-0.25, -0.2) is 4.79 Å². The second-order valence-electron chi connectivity index (χ2n) is 4.52. The standard InChI is InChI=1S/C13H12N2O4/c16-11-8-15(12(17)14-11)9-3-1-5-13(18,7-9)10-4-2-6-19-10/h1-4,6-7,18H,5,8H2,(H,14,16,17). The summed E-state index contributed by atoms with van der Waals surface area (Å²) >= 11 is 0. The van der Waals surface area contributed by atoms with Crippen LogP contribution in [0.3, 0.4) is 0 Å². The van der Waals surface area contributed by atoms with Crippen LogP contribution in [0.4, 0.5) is 4.79 Å². The Morgan fingerprint density at radius 3 is 2.89 bits per heavy atom. The highest BCUT2D eigenvalue weighted by atomic mass is 16.4. The van der Waals surface area contributed by atoms with Gasteiger partial charge in [0.15, 0.2) is 0 Å². The van der Waals surface area contributed by atoms with E-state index in [1.165, 1.54) is 17.2 Å². The first-order chi connectivity index (χ1) is 9.08. The quantitative estimate of drug-likeness (QED) is 0.773. The van der Waals surface area contributed by atoms with Crippen molar-refractivity contribution >= 4 is 11.9 Å². The number of amides is 3. The van der Waals surface area contributed by atoms with Crippen molar-refractivity contribution in [3.05, 3.63) is 48.1 Å². The van der Waals surface area contributed by atoms with Crippen LogP contribution in [0, 0.1) is 0 Å². The van der Waals surface area contributed by atoms with E-state index in [0.29, 0.717) is 17.9 Å². The van der Waals surface area contributed by atoms with Gasteiger partial charge in [-0.3, -0.25) is 15.0 Å². The van der Waals surface area contributed by atoms with Crippen LogP contribution in [0.5, 0.6) is 0 Å². The molecule has 1 atom stereocenters. The number of carbonyl (C=O) groups is 2. The summed E-state index contributed by atoms with van der Waals surface area (Å²) in [6.45, 7) is -0.0385. The maximum absolute atomic E-state index is 11.6. The molecule has 1 aliphatic heterocycles. The van der Waals surface area contributed by atoms with Crippen molar-refractivity contribution in [2.75, 3.05) is 6.54 Å².